The molecule has 2 amide bonds. The van der Waals surface area contributed by atoms with Crippen LogP contribution in [-0.4, -0.2) is 79.3 Å². The van der Waals surface area contributed by atoms with Crippen LogP contribution in [0, 0.1) is 34.5 Å². The number of Topliss-reactive ketones (excluding diaryl/α,β-unsaturated/α-hetero) is 1. The van der Waals surface area contributed by atoms with E-state index in [4.69, 9.17) is 14.2 Å². The maximum absolute atomic E-state index is 14.8. The molecule has 2 aliphatic heterocycles. The summed E-state index contributed by atoms with van der Waals surface area (Å²) in [4.78, 5) is 62.4. The van der Waals surface area contributed by atoms with Crippen molar-refractivity contribution in [1.29, 1.82) is 0 Å². The lowest BCUT2D eigenvalue weighted by atomic mass is 9.82. The quantitative estimate of drug-likeness (QED) is 0.234. The van der Waals surface area contributed by atoms with Crippen molar-refractivity contribution < 1.29 is 46.2 Å². The summed E-state index contributed by atoms with van der Waals surface area (Å²) in [5.74, 6) is -2.59. The molecule has 12 nitrogen and oxygen atoms in total. The van der Waals surface area contributed by atoms with Crippen molar-refractivity contribution in [2.75, 3.05) is 20.3 Å². The van der Waals surface area contributed by atoms with Crippen molar-refractivity contribution >= 4 is 44.4 Å². The number of alkyl halides is 1. The predicted molar refractivity (Wildman–Crippen MR) is 203 cm³/mol. The second kappa shape index (κ2) is 15.5. The molecule has 14 heteroatoms. The first-order valence-corrected chi connectivity index (χ1v) is 20.8. The third kappa shape index (κ3) is 8.99. The van der Waals surface area contributed by atoms with E-state index in [0.29, 0.717) is 29.9 Å². The number of nitrogens with zero attached hydrogens (tertiary/aromatic N) is 2. The zero-order valence-corrected chi connectivity index (χ0v) is 33.5. The van der Waals surface area contributed by atoms with E-state index in [-0.39, 0.29) is 74.8 Å². The molecule has 55 heavy (non-hydrogen) atoms. The number of nitrogens with one attached hydrogen (secondary N) is 1. The van der Waals surface area contributed by atoms with Crippen LogP contribution < -0.4 is 14.2 Å². The molecule has 0 bridgehead atoms. The van der Waals surface area contributed by atoms with Gasteiger partial charge in [-0.3, -0.25) is 19.2 Å². The number of hydrogen-bond donors (Lipinski definition) is 1. The molecule has 0 spiro atoms. The molecule has 1 saturated heterocycles. The first-order chi connectivity index (χ1) is 25.8. The zero-order valence-electron chi connectivity index (χ0n) is 32.6. The summed E-state index contributed by atoms with van der Waals surface area (Å²) in [5, 5.41) is -0.976. The normalized spacial score (nSPS) is 30.3. The Labute approximate surface area is 323 Å². The van der Waals surface area contributed by atoms with Gasteiger partial charge in [0, 0.05) is 37.3 Å². The molecule has 2 aliphatic carbocycles. The number of rotatable bonds is 9. The minimum atomic E-state index is -4.61. The topological polar surface area (TPSA) is 158 Å². The van der Waals surface area contributed by atoms with E-state index in [0.717, 1.165) is 11.8 Å². The van der Waals surface area contributed by atoms with Gasteiger partial charge in [-0.25, -0.2) is 22.5 Å². The molecule has 3 fully saturated rings. The highest BCUT2D eigenvalue weighted by molar-refractivity contribution is 7.91. The number of carbonyl (C=O) groups is 4. The Morgan fingerprint density at radius 1 is 1.11 bits per heavy atom. The first kappa shape index (κ1) is 40.6. The van der Waals surface area contributed by atoms with Gasteiger partial charge in [0.25, 0.3) is 10.0 Å². The second-order valence-corrected chi connectivity index (χ2v) is 19.4. The number of amides is 2. The van der Waals surface area contributed by atoms with Crippen molar-refractivity contribution in [3.63, 3.8) is 0 Å². The molecule has 6 rings (SSSR count). The Balaban J connectivity index is 1.33. The largest absolute Gasteiger partial charge is 0.497 e. The van der Waals surface area contributed by atoms with Gasteiger partial charge in [0.15, 0.2) is 5.78 Å². The molecule has 4 aliphatic rings. The molecule has 300 valence electrons. The van der Waals surface area contributed by atoms with E-state index < -0.39 is 62.1 Å². The number of benzene rings is 1. The van der Waals surface area contributed by atoms with Crippen molar-refractivity contribution in [3.8, 4) is 11.6 Å². The Kier molecular flexibility index (Phi) is 11.4. The predicted octanol–water partition coefficient (Wildman–Crippen LogP) is 6.07. The van der Waals surface area contributed by atoms with E-state index in [9.17, 15) is 32.0 Å². The van der Waals surface area contributed by atoms with Crippen LogP contribution in [0.2, 0.25) is 0 Å². The number of hydrogen-bond acceptors (Lipinski definition) is 10. The van der Waals surface area contributed by atoms with Crippen LogP contribution in [-0.2, 0) is 33.9 Å². The molecule has 3 heterocycles. The van der Waals surface area contributed by atoms with Crippen LogP contribution in [0.1, 0.15) is 92.4 Å². The van der Waals surface area contributed by atoms with Crippen LogP contribution in [0.3, 0.4) is 0 Å². The van der Waals surface area contributed by atoms with Gasteiger partial charge < -0.3 is 19.1 Å². The molecular formula is C41H54FN3O9S. The fraction of sp³-hybridized carbons (Fsp3) is 0.634. The molecule has 2 aromatic rings. The van der Waals surface area contributed by atoms with Gasteiger partial charge in [0.1, 0.15) is 11.9 Å². The highest BCUT2D eigenvalue weighted by Crippen LogP contribution is 2.58. The summed E-state index contributed by atoms with van der Waals surface area (Å²) in [6, 6.07) is 6.23. The number of sulfonamides is 1. The van der Waals surface area contributed by atoms with Crippen LogP contribution >= 0.6 is 0 Å². The van der Waals surface area contributed by atoms with Gasteiger partial charge in [0.05, 0.1) is 44.1 Å². The number of aromatic nitrogens is 1. The van der Waals surface area contributed by atoms with Crippen LogP contribution in [0.5, 0.6) is 11.6 Å². The summed E-state index contributed by atoms with van der Waals surface area (Å²) in [5.41, 5.74) is -1.70. The van der Waals surface area contributed by atoms with Crippen molar-refractivity contribution in [2.45, 2.75) is 110 Å². The maximum atomic E-state index is 14.8. The number of ether oxygens (including phenoxy) is 3. The molecule has 1 N–H and O–H groups in total. The standard InChI is InChI=1S/C41H54FN3O9S/c1-25-9-7-8-10-28-21-40(28,38(49)44-55(50,51)41(42)14-15-41)22-34(46)33-19-30(54-36-31-12-11-29(52-6)18-27(31)13-16-43-36)23-45(33)37(48)32(26(2)17-25)20-35(47)53-24-39(3,4)5/h8,10-13,16,18,25-26,28,30,32-33H,7,9,14-15,17,19-24H2,1-6H3,(H,44,49)/b10-8-/t25-,26-,28-,30-,32+,33+,40-/m1/s1. The van der Waals surface area contributed by atoms with E-state index in [1.165, 1.54) is 4.90 Å². The fourth-order valence-corrected chi connectivity index (χ4v) is 9.29. The zero-order chi connectivity index (χ0) is 39.9. The monoisotopic (exact) mass is 783 g/mol. The average molecular weight is 784 g/mol. The summed E-state index contributed by atoms with van der Waals surface area (Å²) >= 11 is 0. The van der Waals surface area contributed by atoms with Crippen LogP contribution in [0.15, 0.2) is 42.6 Å². The van der Waals surface area contributed by atoms with Crippen LogP contribution in [0.4, 0.5) is 4.39 Å². The maximum Gasteiger partial charge on any atom is 0.306 e. The number of methoxy groups -OCH3 is 1. The molecule has 1 aromatic carbocycles. The highest BCUT2D eigenvalue weighted by Gasteiger charge is 2.64. The summed E-state index contributed by atoms with van der Waals surface area (Å²) in [7, 11) is -3.04. The number of allylic oxidation sites excluding steroid dienone is 2. The second-order valence-electron chi connectivity index (χ2n) is 17.5. The number of carbonyl (C=O) groups excluding carboxylic acids is 4. The molecule has 1 aromatic heterocycles. The van der Waals surface area contributed by atoms with Crippen LogP contribution in [0.25, 0.3) is 10.8 Å². The van der Waals surface area contributed by atoms with E-state index in [1.807, 2.05) is 62.8 Å². The van der Waals surface area contributed by atoms with Gasteiger partial charge in [-0.2, -0.15) is 0 Å². The number of halogens is 1. The van der Waals surface area contributed by atoms with Gasteiger partial charge in [-0.1, -0.05) is 46.8 Å². The summed E-state index contributed by atoms with van der Waals surface area (Å²) in [6.07, 6.45) is 6.15. The van der Waals surface area contributed by atoms with Gasteiger partial charge >= 0.3 is 5.97 Å². The first-order valence-electron chi connectivity index (χ1n) is 19.4. The van der Waals surface area contributed by atoms with Crippen molar-refractivity contribution in [2.24, 2.45) is 34.5 Å². The minimum absolute atomic E-state index is 0.0144. The number of ketones is 1. The van der Waals surface area contributed by atoms with Crippen molar-refractivity contribution in [1.82, 2.24) is 14.6 Å². The van der Waals surface area contributed by atoms with Crippen molar-refractivity contribution in [3.05, 3.63) is 42.6 Å². The molecule has 2 saturated carbocycles. The van der Waals surface area contributed by atoms with E-state index >= 15 is 0 Å². The molecule has 0 radical (unpaired) electrons. The Morgan fingerprint density at radius 2 is 1.85 bits per heavy atom. The molecule has 7 atom stereocenters. The van der Waals surface area contributed by atoms with Gasteiger partial charge in [-0.05, 0) is 78.5 Å². The van der Waals surface area contributed by atoms with E-state index in [1.54, 1.807) is 19.4 Å². The van der Waals surface area contributed by atoms with Gasteiger partial charge in [-0.15, -0.1) is 0 Å². The molecule has 0 unspecified atom stereocenters. The fourth-order valence-electron chi connectivity index (χ4n) is 8.02. The molecular weight excluding hydrogens is 730 g/mol. The lowest BCUT2D eigenvalue weighted by Gasteiger charge is -2.32. The number of fused-ring (bicyclic) bond motifs is 3. The summed E-state index contributed by atoms with van der Waals surface area (Å²) < 4.78 is 59.9. The Morgan fingerprint density at radius 3 is 2.55 bits per heavy atom. The highest BCUT2D eigenvalue weighted by atomic mass is 32.2. The smallest absolute Gasteiger partial charge is 0.306 e. The third-order valence-electron chi connectivity index (χ3n) is 11.6. The average Bonchev–Trinajstić information content (AvgIpc) is 4.00. The van der Waals surface area contributed by atoms with Gasteiger partial charge in [0.2, 0.25) is 22.7 Å². The number of pyridine rings is 1. The van der Waals surface area contributed by atoms with E-state index in [2.05, 4.69) is 11.9 Å². The lowest BCUT2D eigenvalue weighted by Crippen LogP contribution is -2.48. The SMILES string of the molecule is COc1ccc2c(O[C@@H]3C[C@H]4C(=O)C[C@]5(C(=O)NS(=O)(=O)C6(F)CC6)C[C@H]5/C=C\CC[C@@H](C)C[C@@H](C)[C@H](CC(=O)OCC(C)(C)C)C(=O)N4C3)nccc2c1. The Bertz CT molecular complexity index is 1960. The Hall–Kier alpha value is -4.07. The lowest BCUT2D eigenvalue weighted by molar-refractivity contribution is -0.153. The number of esters is 1. The minimum Gasteiger partial charge on any atom is -0.497 e. The summed E-state index contributed by atoms with van der Waals surface area (Å²) in [6.45, 7) is 10.1. The third-order valence-corrected chi connectivity index (χ3v) is 13.4.